The number of hydrogen-bond acceptors (Lipinski definition) is 4. The summed E-state index contributed by atoms with van der Waals surface area (Å²) < 4.78 is 0.517. The zero-order valence-electron chi connectivity index (χ0n) is 10.3. The Morgan fingerprint density at radius 3 is 2.67 bits per heavy atom. The first kappa shape index (κ1) is 15.3. The van der Waals surface area contributed by atoms with Crippen molar-refractivity contribution in [3.63, 3.8) is 0 Å². The van der Waals surface area contributed by atoms with Gasteiger partial charge in [-0.05, 0) is 40.2 Å². The molecule has 2 N–H and O–H groups in total. The van der Waals surface area contributed by atoms with Gasteiger partial charge in [-0.15, -0.1) is 0 Å². The maximum Gasteiger partial charge on any atom is 0.296 e. The van der Waals surface area contributed by atoms with Crippen LogP contribution >= 0.6 is 27.5 Å². The van der Waals surface area contributed by atoms with E-state index in [1.807, 2.05) is 0 Å². The third kappa shape index (κ3) is 3.32. The first-order chi connectivity index (χ1) is 9.90. The van der Waals surface area contributed by atoms with E-state index in [0.29, 0.717) is 9.50 Å². The number of aromatic hydroxyl groups is 1. The van der Waals surface area contributed by atoms with Crippen LogP contribution in [0.25, 0.3) is 0 Å². The van der Waals surface area contributed by atoms with Crippen LogP contribution in [-0.4, -0.2) is 15.9 Å². The minimum Gasteiger partial charge on any atom is -0.505 e. The van der Waals surface area contributed by atoms with Crippen LogP contribution in [0.3, 0.4) is 0 Å². The minimum absolute atomic E-state index is 0.240. The van der Waals surface area contributed by atoms with Crippen LogP contribution < -0.4 is 5.32 Å². The van der Waals surface area contributed by atoms with Gasteiger partial charge in [-0.3, -0.25) is 14.9 Å². The van der Waals surface area contributed by atoms with Crippen molar-refractivity contribution < 1.29 is 14.8 Å². The molecule has 21 heavy (non-hydrogen) atoms. The Morgan fingerprint density at radius 1 is 1.33 bits per heavy atom. The van der Waals surface area contributed by atoms with E-state index < -0.39 is 16.5 Å². The second-order valence-corrected chi connectivity index (χ2v) is 5.27. The Balaban J connectivity index is 2.36. The first-order valence-corrected chi connectivity index (χ1v) is 6.80. The number of rotatable bonds is 3. The van der Waals surface area contributed by atoms with Gasteiger partial charge in [-0.25, -0.2) is 0 Å². The average Bonchev–Trinajstić information content (AvgIpc) is 2.43. The van der Waals surface area contributed by atoms with E-state index in [9.17, 15) is 20.0 Å². The predicted octanol–water partition coefficient (Wildman–Crippen LogP) is 3.97. The normalized spacial score (nSPS) is 10.2. The number of halogens is 2. The fourth-order valence-corrected chi connectivity index (χ4v) is 2.13. The van der Waals surface area contributed by atoms with Crippen LogP contribution in [0.2, 0.25) is 5.02 Å². The third-order valence-electron chi connectivity index (χ3n) is 2.64. The highest BCUT2D eigenvalue weighted by Crippen LogP contribution is 2.33. The summed E-state index contributed by atoms with van der Waals surface area (Å²) in [6, 6.07) is 8.22. The first-order valence-electron chi connectivity index (χ1n) is 5.63. The fraction of sp³-hybridized carbons (Fsp3) is 0. The number of phenolic OH excluding ortho intramolecular Hbond substituents is 1. The molecule has 0 aliphatic rings. The zero-order valence-corrected chi connectivity index (χ0v) is 12.7. The Morgan fingerprint density at radius 2 is 2.05 bits per heavy atom. The highest BCUT2D eigenvalue weighted by atomic mass is 79.9. The van der Waals surface area contributed by atoms with E-state index in [2.05, 4.69) is 21.2 Å². The Hall–Kier alpha value is -2.12. The summed E-state index contributed by atoms with van der Waals surface area (Å²) in [7, 11) is 0. The monoisotopic (exact) mass is 370 g/mol. The SMILES string of the molecule is O=C(Nc1c(O)cccc1[N+](=O)[O-])c1ccc(Cl)c(Br)c1. The summed E-state index contributed by atoms with van der Waals surface area (Å²) in [6.45, 7) is 0. The number of hydrogen-bond donors (Lipinski definition) is 2. The molecule has 0 saturated heterocycles. The number of phenols is 1. The lowest BCUT2D eigenvalue weighted by Crippen LogP contribution is -2.13. The Bertz CT molecular complexity index is 736. The molecule has 0 heterocycles. The topological polar surface area (TPSA) is 92.5 Å². The van der Waals surface area contributed by atoms with Crippen molar-refractivity contribution in [3.05, 3.63) is 61.6 Å². The van der Waals surface area contributed by atoms with Gasteiger partial charge in [0.15, 0.2) is 5.69 Å². The number of nitro benzene ring substituents is 1. The van der Waals surface area contributed by atoms with Crippen LogP contribution in [0.5, 0.6) is 5.75 Å². The van der Waals surface area contributed by atoms with Crippen molar-refractivity contribution in [3.8, 4) is 5.75 Å². The lowest BCUT2D eigenvalue weighted by atomic mass is 10.2. The van der Waals surface area contributed by atoms with E-state index in [0.717, 1.165) is 0 Å². The molecular formula is C13H8BrClN2O4. The summed E-state index contributed by atoms with van der Waals surface area (Å²) >= 11 is 9.01. The van der Waals surface area contributed by atoms with E-state index in [1.165, 1.54) is 36.4 Å². The van der Waals surface area contributed by atoms with Crippen LogP contribution in [0.4, 0.5) is 11.4 Å². The number of amides is 1. The van der Waals surface area contributed by atoms with Gasteiger partial charge in [0.1, 0.15) is 5.75 Å². The van der Waals surface area contributed by atoms with Gasteiger partial charge in [-0.2, -0.15) is 0 Å². The summed E-state index contributed by atoms with van der Waals surface area (Å²) in [5.74, 6) is -0.984. The average molecular weight is 372 g/mol. The molecular weight excluding hydrogens is 364 g/mol. The van der Waals surface area contributed by atoms with Gasteiger partial charge >= 0.3 is 0 Å². The molecule has 2 rings (SSSR count). The molecule has 0 unspecified atom stereocenters. The number of benzene rings is 2. The van der Waals surface area contributed by atoms with Crippen molar-refractivity contribution in [1.29, 1.82) is 0 Å². The maximum absolute atomic E-state index is 12.1. The van der Waals surface area contributed by atoms with Gasteiger partial charge in [0.25, 0.3) is 11.6 Å². The molecule has 0 spiro atoms. The number of para-hydroxylation sites is 1. The molecule has 1 amide bonds. The number of nitrogens with one attached hydrogen (secondary N) is 1. The number of nitrogens with zero attached hydrogens (tertiary/aromatic N) is 1. The smallest absolute Gasteiger partial charge is 0.296 e. The second kappa shape index (κ2) is 6.11. The highest BCUT2D eigenvalue weighted by molar-refractivity contribution is 9.10. The van der Waals surface area contributed by atoms with Gasteiger partial charge in [0, 0.05) is 16.1 Å². The lowest BCUT2D eigenvalue weighted by Gasteiger charge is -2.08. The molecule has 0 saturated carbocycles. The van der Waals surface area contributed by atoms with Crippen LogP contribution in [0, 0.1) is 10.1 Å². The van der Waals surface area contributed by atoms with E-state index in [-0.39, 0.29) is 17.0 Å². The largest absolute Gasteiger partial charge is 0.505 e. The predicted molar refractivity (Wildman–Crippen MR) is 81.9 cm³/mol. The Kier molecular flexibility index (Phi) is 4.44. The second-order valence-electron chi connectivity index (χ2n) is 4.01. The van der Waals surface area contributed by atoms with Crippen LogP contribution in [0.15, 0.2) is 40.9 Å². The van der Waals surface area contributed by atoms with Gasteiger partial charge in [0.05, 0.1) is 9.95 Å². The quantitative estimate of drug-likeness (QED) is 0.485. The zero-order chi connectivity index (χ0) is 15.6. The van der Waals surface area contributed by atoms with Gasteiger partial charge < -0.3 is 10.4 Å². The fourth-order valence-electron chi connectivity index (χ4n) is 1.63. The van der Waals surface area contributed by atoms with Crippen molar-refractivity contribution in [2.24, 2.45) is 0 Å². The summed E-state index contributed by atoms with van der Waals surface area (Å²) in [4.78, 5) is 22.3. The number of carbonyl (C=O) groups excluding carboxylic acids is 1. The molecule has 8 heteroatoms. The highest BCUT2D eigenvalue weighted by Gasteiger charge is 2.20. The van der Waals surface area contributed by atoms with Crippen molar-refractivity contribution in [1.82, 2.24) is 0 Å². The standard InChI is InChI=1S/C13H8BrClN2O4/c14-8-6-7(4-5-9(8)15)13(19)16-12-10(17(20)21)2-1-3-11(12)18/h1-6,18H,(H,16,19). The van der Waals surface area contributed by atoms with Crippen LogP contribution in [-0.2, 0) is 0 Å². The number of carbonyl (C=O) groups is 1. The van der Waals surface area contributed by atoms with Gasteiger partial charge in [0.2, 0.25) is 0 Å². The van der Waals surface area contributed by atoms with E-state index in [4.69, 9.17) is 11.6 Å². The molecule has 0 radical (unpaired) electrons. The molecule has 0 aliphatic heterocycles. The minimum atomic E-state index is -0.687. The molecule has 6 nitrogen and oxygen atoms in total. The summed E-state index contributed by atoms with van der Waals surface area (Å²) in [6.07, 6.45) is 0. The maximum atomic E-state index is 12.1. The molecule has 108 valence electrons. The van der Waals surface area contributed by atoms with Crippen molar-refractivity contribution >= 4 is 44.8 Å². The molecule has 0 atom stereocenters. The number of anilines is 1. The van der Waals surface area contributed by atoms with Crippen molar-refractivity contribution in [2.45, 2.75) is 0 Å². The van der Waals surface area contributed by atoms with Gasteiger partial charge in [-0.1, -0.05) is 17.7 Å². The molecule has 0 aromatic heterocycles. The molecule has 0 fully saturated rings. The van der Waals surface area contributed by atoms with E-state index in [1.54, 1.807) is 0 Å². The van der Waals surface area contributed by atoms with Crippen molar-refractivity contribution in [2.75, 3.05) is 5.32 Å². The Labute approximate surface area is 132 Å². The number of nitro groups is 1. The molecule has 2 aromatic carbocycles. The molecule has 2 aromatic rings. The third-order valence-corrected chi connectivity index (χ3v) is 3.85. The van der Waals surface area contributed by atoms with E-state index >= 15 is 0 Å². The summed E-state index contributed by atoms with van der Waals surface area (Å²) in [5.41, 5.74) is -0.404. The molecule has 0 aliphatic carbocycles. The lowest BCUT2D eigenvalue weighted by molar-refractivity contribution is -0.384. The summed E-state index contributed by atoms with van der Waals surface area (Å²) in [5, 5.41) is 23.4. The van der Waals surface area contributed by atoms with Crippen LogP contribution in [0.1, 0.15) is 10.4 Å². The molecule has 0 bridgehead atoms.